The molecule has 1 aromatic carbocycles. The summed E-state index contributed by atoms with van der Waals surface area (Å²) in [5, 5.41) is 4.69. The van der Waals surface area contributed by atoms with Crippen molar-refractivity contribution >= 4 is 17.9 Å². The largest absolute Gasteiger partial charge is 0.356 e. The fourth-order valence-electron chi connectivity index (χ4n) is 2.74. The summed E-state index contributed by atoms with van der Waals surface area (Å²) in [6.07, 6.45) is 4.26. The topological polar surface area (TPSA) is 58.5 Å². The van der Waals surface area contributed by atoms with Gasteiger partial charge in [-0.05, 0) is 43.0 Å². The van der Waals surface area contributed by atoms with Gasteiger partial charge in [-0.3, -0.25) is 9.59 Å². The van der Waals surface area contributed by atoms with Crippen molar-refractivity contribution in [2.24, 2.45) is 16.8 Å². The third kappa shape index (κ3) is 3.81. The molecular formula is C18H24N2O2. The van der Waals surface area contributed by atoms with Crippen molar-refractivity contribution in [1.82, 2.24) is 5.32 Å². The Balaban J connectivity index is 1.98. The molecular weight excluding hydrogens is 276 g/mol. The van der Waals surface area contributed by atoms with Gasteiger partial charge in [-0.2, -0.15) is 0 Å². The van der Waals surface area contributed by atoms with Crippen LogP contribution in [0.2, 0.25) is 0 Å². The third-order valence-electron chi connectivity index (χ3n) is 4.23. The number of amides is 2. The smallest absolute Gasteiger partial charge is 0.253 e. The monoisotopic (exact) mass is 300 g/mol. The first-order valence-electron chi connectivity index (χ1n) is 8.04. The fraction of sp³-hybridized carbons (Fsp3) is 0.500. The van der Waals surface area contributed by atoms with Gasteiger partial charge < -0.3 is 5.32 Å². The Labute approximate surface area is 131 Å². The molecule has 0 saturated carbocycles. The van der Waals surface area contributed by atoms with Crippen LogP contribution in [0.4, 0.5) is 0 Å². The van der Waals surface area contributed by atoms with Crippen molar-refractivity contribution in [1.29, 1.82) is 0 Å². The van der Waals surface area contributed by atoms with E-state index in [2.05, 4.69) is 10.3 Å². The lowest BCUT2D eigenvalue weighted by Gasteiger charge is -2.15. The van der Waals surface area contributed by atoms with E-state index < -0.39 is 0 Å². The SMILES string of the molecule is CCC(CC)C(=O)NCCC1C=c2ccc(C)cc2=NC1=O. The average molecular weight is 300 g/mol. The van der Waals surface area contributed by atoms with E-state index in [1.165, 1.54) is 0 Å². The van der Waals surface area contributed by atoms with Crippen LogP contribution in [0, 0.1) is 18.8 Å². The summed E-state index contributed by atoms with van der Waals surface area (Å²) in [7, 11) is 0. The van der Waals surface area contributed by atoms with E-state index in [4.69, 9.17) is 0 Å². The van der Waals surface area contributed by atoms with E-state index in [1.807, 2.05) is 45.0 Å². The Morgan fingerprint density at radius 3 is 2.73 bits per heavy atom. The maximum Gasteiger partial charge on any atom is 0.253 e. The second-order valence-electron chi connectivity index (χ2n) is 5.88. The first-order chi connectivity index (χ1) is 10.5. The van der Waals surface area contributed by atoms with Crippen LogP contribution in [0.3, 0.4) is 0 Å². The molecule has 118 valence electrons. The summed E-state index contributed by atoms with van der Waals surface area (Å²) in [6, 6.07) is 5.94. The van der Waals surface area contributed by atoms with E-state index in [1.54, 1.807) is 0 Å². The molecule has 4 heteroatoms. The molecule has 0 spiro atoms. The number of nitrogens with one attached hydrogen (secondary N) is 1. The molecule has 0 bridgehead atoms. The highest BCUT2D eigenvalue weighted by atomic mass is 16.2. The molecule has 0 aromatic heterocycles. The second kappa shape index (κ2) is 7.34. The number of nitrogens with zero attached hydrogens (tertiary/aromatic N) is 1. The lowest BCUT2D eigenvalue weighted by Crippen LogP contribution is -2.36. The number of hydrogen-bond acceptors (Lipinski definition) is 2. The Morgan fingerprint density at radius 1 is 1.32 bits per heavy atom. The molecule has 1 aliphatic heterocycles. The van der Waals surface area contributed by atoms with Gasteiger partial charge in [-0.15, -0.1) is 0 Å². The first-order valence-corrected chi connectivity index (χ1v) is 8.04. The predicted molar refractivity (Wildman–Crippen MR) is 86.6 cm³/mol. The van der Waals surface area contributed by atoms with E-state index in [-0.39, 0.29) is 23.7 Å². The van der Waals surface area contributed by atoms with Gasteiger partial charge in [0, 0.05) is 12.5 Å². The summed E-state index contributed by atoms with van der Waals surface area (Å²) in [5.41, 5.74) is 1.10. The number of benzene rings is 1. The Kier molecular flexibility index (Phi) is 5.47. The van der Waals surface area contributed by atoms with E-state index in [0.29, 0.717) is 13.0 Å². The van der Waals surface area contributed by atoms with Crippen molar-refractivity contribution < 1.29 is 9.59 Å². The standard InChI is InChI=1S/C18H24N2O2/c1-4-13(5-2)17(21)19-9-8-15-11-14-7-6-12(3)10-16(14)20-18(15)22/h6-7,10-11,13,15H,4-5,8-9H2,1-3H3,(H,19,21). The maximum atomic E-state index is 12.1. The fourth-order valence-corrected chi connectivity index (χ4v) is 2.74. The summed E-state index contributed by atoms with van der Waals surface area (Å²) < 4.78 is 0. The highest BCUT2D eigenvalue weighted by Crippen LogP contribution is 2.10. The van der Waals surface area contributed by atoms with Gasteiger partial charge in [-0.25, -0.2) is 4.99 Å². The molecule has 1 heterocycles. The summed E-state index contributed by atoms with van der Waals surface area (Å²) in [5.74, 6) is -0.201. The molecule has 1 aliphatic rings. The average Bonchev–Trinajstić information content (AvgIpc) is 2.49. The number of hydrogen-bond donors (Lipinski definition) is 1. The molecule has 1 N–H and O–H groups in total. The number of aryl methyl sites for hydroxylation is 1. The Bertz CT molecular complexity index is 675. The minimum atomic E-state index is -0.239. The number of carbonyl (C=O) groups is 2. The first kappa shape index (κ1) is 16.4. The minimum Gasteiger partial charge on any atom is -0.356 e. The zero-order valence-electron chi connectivity index (χ0n) is 13.6. The lowest BCUT2D eigenvalue weighted by molar-refractivity contribution is -0.125. The highest BCUT2D eigenvalue weighted by molar-refractivity contribution is 5.86. The van der Waals surface area contributed by atoms with Gasteiger partial charge in [0.25, 0.3) is 5.91 Å². The van der Waals surface area contributed by atoms with Crippen LogP contribution in [0.5, 0.6) is 0 Å². The summed E-state index contributed by atoms with van der Waals surface area (Å²) >= 11 is 0. The molecule has 22 heavy (non-hydrogen) atoms. The van der Waals surface area contributed by atoms with Crippen LogP contribution in [0.15, 0.2) is 23.2 Å². The van der Waals surface area contributed by atoms with Gasteiger partial charge in [0.05, 0.1) is 11.3 Å². The van der Waals surface area contributed by atoms with Gasteiger partial charge >= 0.3 is 0 Å². The van der Waals surface area contributed by atoms with Crippen LogP contribution in [0.1, 0.15) is 38.7 Å². The van der Waals surface area contributed by atoms with Gasteiger partial charge in [0.2, 0.25) is 5.91 Å². The van der Waals surface area contributed by atoms with Crippen molar-refractivity contribution in [2.45, 2.75) is 40.0 Å². The van der Waals surface area contributed by atoms with Gasteiger partial charge in [-0.1, -0.05) is 32.1 Å². The zero-order valence-corrected chi connectivity index (χ0v) is 13.6. The number of carbonyl (C=O) groups excluding carboxylic acids is 2. The third-order valence-corrected chi connectivity index (χ3v) is 4.23. The van der Waals surface area contributed by atoms with E-state index in [9.17, 15) is 9.59 Å². The molecule has 0 radical (unpaired) electrons. The summed E-state index contributed by atoms with van der Waals surface area (Å²) in [4.78, 5) is 28.2. The van der Waals surface area contributed by atoms with Crippen LogP contribution in [-0.2, 0) is 9.59 Å². The molecule has 4 nitrogen and oxygen atoms in total. The quantitative estimate of drug-likeness (QED) is 0.865. The van der Waals surface area contributed by atoms with Crippen LogP contribution in [0.25, 0.3) is 6.08 Å². The molecule has 1 aromatic rings. The molecule has 1 unspecified atom stereocenters. The molecule has 2 rings (SSSR count). The van der Waals surface area contributed by atoms with Crippen molar-refractivity contribution in [2.75, 3.05) is 6.54 Å². The zero-order chi connectivity index (χ0) is 16.1. The number of rotatable bonds is 6. The van der Waals surface area contributed by atoms with Crippen molar-refractivity contribution in [3.63, 3.8) is 0 Å². The van der Waals surface area contributed by atoms with E-state index in [0.717, 1.165) is 29.0 Å². The number of fused-ring (bicyclic) bond motifs is 1. The van der Waals surface area contributed by atoms with Crippen molar-refractivity contribution in [3.8, 4) is 0 Å². The van der Waals surface area contributed by atoms with Crippen LogP contribution < -0.4 is 15.9 Å². The van der Waals surface area contributed by atoms with E-state index >= 15 is 0 Å². The van der Waals surface area contributed by atoms with Gasteiger partial charge in [0.1, 0.15) is 0 Å². The predicted octanol–water partition coefficient (Wildman–Crippen LogP) is 1.49. The Morgan fingerprint density at radius 2 is 2.05 bits per heavy atom. The van der Waals surface area contributed by atoms with Crippen LogP contribution >= 0.6 is 0 Å². The van der Waals surface area contributed by atoms with Gasteiger partial charge in [0.15, 0.2) is 0 Å². The molecule has 2 amide bonds. The highest BCUT2D eigenvalue weighted by Gasteiger charge is 2.19. The second-order valence-corrected chi connectivity index (χ2v) is 5.88. The molecule has 0 saturated heterocycles. The van der Waals surface area contributed by atoms with Crippen LogP contribution in [-0.4, -0.2) is 18.4 Å². The summed E-state index contributed by atoms with van der Waals surface area (Å²) in [6.45, 7) is 6.53. The normalized spacial score (nSPS) is 16.7. The minimum absolute atomic E-state index is 0.0689. The maximum absolute atomic E-state index is 12.1. The lowest BCUT2D eigenvalue weighted by atomic mass is 9.99. The van der Waals surface area contributed by atoms with Crippen molar-refractivity contribution in [3.05, 3.63) is 34.3 Å². The Hall–Kier alpha value is -1.97. The molecule has 0 aliphatic carbocycles. The molecule has 0 fully saturated rings. The molecule has 1 atom stereocenters.